The lowest BCUT2D eigenvalue weighted by atomic mass is 10.1. The van der Waals surface area contributed by atoms with Gasteiger partial charge in [0, 0.05) is 0 Å². The fourth-order valence-electron chi connectivity index (χ4n) is 1.55. The first-order chi connectivity index (χ1) is 5.88. The summed E-state index contributed by atoms with van der Waals surface area (Å²) in [5, 5.41) is 0. The summed E-state index contributed by atoms with van der Waals surface area (Å²) in [5.74, 6) is 0. The summed E-state index contributed by atoms with van der Waals surface area (Å²) >= 11 is 0. The summed E-state index contributed by atoms with van der Waals surface area (Å²) in [6.45, 7) is 5.95. The quantitative estimate of drug-likeness (QED) is 0.323. The normalized spacial score (nSPS) is 27.1. The standard InChI is InChI=1S/C11H20O/c1-3-5-6-7-8-9-11-10(4-2)12-11/h4,10-11H,2-3,5-9H2,1H3/t10-,11+/m0/s1. The van der Waals surface area contributed by atoms with Crippen LogP contribution in [0.5, 0.6) is 0 Å². The van der Waals surface area contributed by atoms with Crippen LogP contribution < -0.4 is 0 Å². The molecule has 0 saturated carbocycles. The van der Waals surface area contributed by atoms with Gasteiger partial charge >= 0.3 is 0 Å². The van der Waals surface area contributed by atoms with Crippen LogP contribution in [0.4, 0.5) is 0 Å². The highest BCUT2D eigenvalue weighted by atomic mass is 16.6. The van der Waals surface area contributed by atoms with E-state index >= 15 is 0 Å². The molecule has 0 bridgehead atoms. The largest absolute Gasteiger partial charge is 0.365 e. The van der Waals surface area contributed by atoms with Crippen LogP contribution >= 0.6 is 0 Å². The van der Waals surface area contributed by atoms with Crippen molar-refractivity contribution in [2.45, 2.75) is 57.7 Å². The molecule has 1 heteroatoms. The average Bonchev–Trinajstić information content (AvgIpc) is 2.83. The maximum atomic E-state index is 5.35. The summed E-state index contributed by atoms with van der Waals surface area (Å²) in [5.41, 5.74) is 0. The Balaban J connectivity index is 1.81. The first-order valence-electron chi connectivity index (χ1n) is 5.16. The lowest BCUT2D eigenvalue weighted by Gasteiger charge is -1.96. The topological polar surface area (TPSA) is 12.5 Å². The molecule has 0 radical (unpaired) electrons. The zero-order chi connectivity index (χ0) is 8.81. The predicted octanol–water partition coefficient (Wildman–Crippen LogP) is 3.30. The van der Waals surface area contributed by atoms with Gasteiger partial charge in [-0.05, 0) is 6.42 Å². The minimum absolute atomic E-state index is 0.385. The minimum atomic E-state index is 0.385. The van der Waals surface area contributed by atoms with Crippen LogP contribution in [0.25, 0.3) is 0 Å². The fraction of sp³-hybridized carbons (Fsp3) is 0.818. The van der Waals surface area contributed by atoms with E-state index in [1.165, 1.54) is 38.5 Å². The van der Waals surface area contributed by atoms with Crippen molar-refractivity contribution in [3.63, 3.8) is 0 Å². The smallest absolute Gasteiger partial charge is 0.102 e. The van der Waals surface area contributed by atoms with Crippen LogP contribution in [0.2, 0.25) is 0 Å². The van der Waals surface area contributed by atoms with Gasteiger partial charge in [0.2, 0.25) is 0 Å². The molecule has 0 aromatic heterocycles. The van der Waals surface area contributed by atoms with Gasteiger partial charge in [0.1, 0.15) is 6.10 Å². The molecular weight excluding hydrogens is 148 g/mol. The van der Waals surface area contributed by atoms with Crippen molar-refractivity contribution in [2.24, 2.45) is 0 Å². The molecule has 1 heterocycles. The number of hydrogen-bond acceptors (Lipinski definition) is 1. The van der Waals surface area contributed by atoms with E-state index in [1.54, 1.807) is 0 Å². The van der Waals surface area contributed by atoms with Gasteiger partial charge in [0.05, 0.1) is 6.10 Å². The molecule has 0 amide bonds. The Morgan fingerprint density at radius 2 is 2.00 bits per heavy atom. The van der Waals surface area contributed by atoms with Crippen LogP contribution in [0.1, 0.15) is 45.4 Å². The van der Waals surface area contributed by atoms with Crippen LogP contribution in [0, 0.1) is 0 Å². The van der Waals surface area contributed by atoms with Crippen molar-refractivity contribution < 1.29 is 4.74 Å². The maximum Gasteiger partial charge on any atom is 0.102 e. The van der Waals surface area contributed by atoms with Crippen LogP contribution in [0.15, 0.2) is 12.7 Å². The Hall–Kier alpha value is -0.300. The molecule has 1 aliphatic rings. The summed E-state index contributed by atoms with van der Waals surface area (Å²) < 4.78 is 5.35. The second-order valence-electron chi connectivity index (χ2n) is 3.58. The highest BCUT2D eigenvalue weighted by Crippen LogP contribution is 2.27. The van der Waals surface area contributed by atoms with E-state index in [2.05, 4.69) is 13.5 Å². The summed E-state index contributed by atoms with van der Waals surface area (Å²) in [6, 6.07) is 0. The highest BCUT2D eigenvalue weighted by Gasteiger charge is 2.34. The van der Waals surface area contributed by atoms with Crippen molar-refractivity contribution in [3.05, 3.63) is 12.7 Å². The molecule has 1 aliphatic heterocycles. The average molecular weight is 168 g/mol. The number of ether oxygens (including phenoxy) is 1. The minimum Gasteiger partial charge on any atom is -0.365 e. The van der Waals surface area contributed by atoms with E-state index < -0.39 is 0 Å². The van der Waals surface area contributed by atoms with E-state index in [9.17, 15) is 0 Å². The SMILES string of the molecule is C=C[C@@H]1O[C@@H]1CCCCCCC. The van der Waals surface area contributed by atoms with Crippen LogP contribution in [0.3, 0.4) is 0 Å². The molecule has 1 fully saturated rings. The van der Waals surface area contributed by atoms with E-state index in [0.29, 0.717) is 12.2 Å². The Bertz CT molecular complexity index is 131. The molecule has 0 aromatic carbocycles. The number of epoxide rings is 1. The van der Waals surface area contributed by atoms with Crippen molar-refractivity contribution in [1.82, 2.24) is 0 Å². The van der Waals surface area contributed by atoms with Crippen LogP contribution in [-0.2, 0) is 4.74 Å². The third-order valence-corrected chi connectivity index (χ3v) is 2.45. The molecule has 0 aliphatic carbocycles. The van der Waals surface area contributed by atoms with Crippen molar-refractivity contribution in [2.75, 3.05) is 0 Å². The Morgan fingerprint density at radius 3 is 2.58 bits per heavy atom. The lowest BCUT2D eigenvalue weighted by Crippen LogP contribution is -1.90. The molecule has 0 spiro atoms. The first kappa shape index (κ1) is 9.79. The zero-order valence-electron chi connectivity index (χ0n) is 8.09. The van der Waals surface area contributed by atoms with Gasteiger partial charge < -0.3 is 4.74 Å². The molecular formula is C11H20O. The third-order valence-electron chi connectivity index (χ3n) is 2.45. The molecule has 1 nitrogen and oxygen atoms in total. The van der Waals surface area contributed by atoms with Gasteiger partial charge in [-0.2, -0.15) is 0 Å². The summed E-state index contributed by atoms with van der Waals surface area (Å²) in [6.07, 6.45) is 10.9. The fourth-order valence-corrected chi connectivity index (χ4v) is 1.55. The molecule has 70 valence electrons. The molecule has 0 aromatic rings. The Labute approximate surface area is 75.8 Å². The third kappa shape index (κ3) is 3.40. The van der Waals surface area contributed by atoms with Gasteiger partial charge in [0.25, 0.3) is 0 Å². The number of rotatable bonds is 7. The number of unbranched alkanes of at least 4 members (excludes halogenated alkanes) is 4. The molecule has 12 heavy (non-hydrogen) atoms. The Kier molecular flexibility index (Phi) is 4.37. The monoisotopic (exact) mass is 168 g/mol. The molecule has 1 rings (SSSR count). The van der Waals surface area contributed by atoms with E-state index in [4.69, 9.17) is 4.74 Å². The first-order valence-corrected chi connectivity index (χ1v) is 5.16. The molecule has 1 saturated heterocycles. The molecule has 2 atom stereocenters. The summed E-state index contributed by atoms with van der Waals surface area (Å²) in [4.78, 5) is 0. The van der Waals surface area contributed by atoms with Crippen LogP contribution in [-0.4, -0.2) is 12.2 Å². The van der Waals surface area contributed by atoms with Gasteiger partial charge in [-0.1, -0.05) is 45.1 Å². The van der Waals surface area contributed by atoms with E-state index in [-0.39, 0.29) is 0 Å². The second-order valence-corrected chi connectivity index (χ2v) is 3.58. The highest BCUT2D eigenvalue weighted by molar-refractivity contribution is 4.97. The molecule has 0 N–H and O–H groups in total. The van der Waals surface area contributed by atoms with Gasteiger partial charge in [-0.15, -0.1) is 6.58 Å². The Morgan fingerprint density at radius 1 is 1.25 bits per heavy atom. The van der Waals surface area contributed by atoms with E-state index in [0.717, 1.165) is 0 Å². The van der Waals surface area contributed by atoms with Gasteiger partial charge in [0.15, 0.2) is 0 Å². The zero-order valence-corrected chi connectivity index (χ0v) is 8.09. The summed E-state index contributed by atoms with van der Waals surface area (Å²) in [7, 11) is 0. The number of hydrogen-bond donors (Lipinski definition) is 0. The van der Waals surface area contributed by atoms with Crippen molar-refractivity contribution in [3.8, 4) is 0 Å². The molecule has 0 unspecified atom stereocenters. The lowest BCUT2D eigenvalue weighted by molar-refractivity contribution is 0.372. The van der Waals surface area contributed by atoms with E-state index in [1.807, 2.05) is 6.08 Å². The van der Waals surface area contributed by atoms with Gasteiger partial charge in [-0.3, -0.25) is 0 Å². The van der Waals surface area contributed by atoms with Crippen molar-refractivity contribution in [1.29, 1.82) is 0 Å². The predicted molar refractivity (Wildman–Crippen MR) is 52.2 cm³/mol. The maximum absolute atomic E-state index is 5.35. The van der Waals surface area contributed by atoms with Gasteiger partial charge in [-0.25, -0.2) is 0 Å². The second kappa shape index (κ2) is 5.36. The van der Waals surface area contributed by atoms with Crippen molar-refractivity contribution >= 4 is 0 Å².